The summed E-state index contributed by atoms with van der Waals surface area (Å²) in [5.41, 5.74) is 0. The molecule has 1 saturated carbocycles. The average Bonchev–Trinajstić information content (AvgIpc) is 3.01. The zero-order valence-corrected chi connectivity index (χ0v) is 13.1. The highest BCUT2D eigenvalue weighted by molar-refractivity contribution is 14.0. The van der Waals surface area contributed by atoms with Crippen LogP contribution in [0, 0.1) is 0 Å². The van der Waals surface area contributed by atoms with Gasteiger partial charge >= 0.3 is 0 Å². The van der Waals surface area contributed by atoms with E-state index in [0.717, 1.165) is 5.96 Å². The molecule has 2 N–H and O–H groups in total. The van der Waals surface area contributed by atoms with Crippen molar-refractivity contribution in [2.24, 2.45) is 4.99 Å². The molecule has 0 spiro atoms. The first kappa shape index (κ1) is 16.0. The zero-order chi connectivity index (χ0) is 11.1. The van der Waals surface area contributed by atoms with Crippen LogP contribution in [0.25, 0.3) is 0 Å². The summed E-state index contributed by atoms with van der Waals surface area (Å²) >= 11 is 0. The second kappa shape index (κ2) is 9.07. The van der Waals surface area contributed by atoms with E-state index in [9.17, 15) is 0 Å². The molecule has 0 aromatic rings. The van der Waals surface area contributed by atoms with Gasteiger partial charge in [0, 0.05) is 19.1 Å². The van der Waals surface area contributed by atoms with Crippen LogP contribution in [0.1, 0.15) is 52.4 Å². The van der Waals surface area contributed by atoms with Crippen LogP contribution >= 0.6 is 24.0 Å². The third-order valence-corrected chi connectivity index (χ3v) is 2.77. The molecular formula is C12H26IN3. The highest BCUT2D eigenvalue weighted by Crippen LogP contribution is 2.18. The van der Waals surface area contributed by atoms with Gasteiger partial charge in [-0.2, -0.15) is 0 Å². The first-order valence-corrected chi connectivity index (χ1v) is 6.26. The Hall–Kier alpha value is 0. The molecule has 1 rings (SSSR count). The molecule has 0 aromatic carbocycles. The number of aliphatic imine (C=N–C) groups is 1. The Bertz CT molecular complexity index is 202. The minimum atomic E-state index is 0. The van der Waals surface area contributed by atoms with Gasteiger partial charge in [0.05, 0.1) is 0 Å². The van der Waals surface area contributed by atoms with E-state index >= 15 is 0 Å². The second-order valence-electron chi connectivity index (χ2n) is 4.53. The first-order valence-electron chi connectivity index (χ1n) is 6.26. The predicted molar refractivity (Wildman–Crippen MR) is 81.7 cm³/mol. The van der Waals surface area contributed by atoms with Crippen molar-refractivity contribution in [3.05, 3.63) is 0 Å². The molecule has 4 heteroatoms. The molecular weight excluding hydrogens is 313 g/mol. The van der Waals surface area contributed by atoms with Crippen LogP contribution in [0.3, 0.4) is 0 Å². The van der Waals surface area contributed by atoms with Crippen molar-refractivity contribution in [1.29, 1.82) is 0 Å². The Balaban J connectivity index is 0.00000225. The molecule has 1 unspecified atom stereocenters. The van der Waals surface area contributed by atoms with Crippen LogP contribution in [0.15, 0.2) is 4.99 Å². The lowest BCUT2D eigenvalue weighted by molar-refractivity contribution is 0.546. The molecule has 0 aromatic heterocycles. The lowest BCUT2D eigenvalue weighted by Crippen LogP contribution is -2.43. The van der Waals surface area contributed by atoms with Crippen molar-refractivity contribution < 1.29 is 0 Å². The summed E-state index contributed by atoms with van der Waals surface area (Å²) in [6, 6.07) is 1.21. The van der Waals surface area contributed by atoms with Gasteiger partial charge in [-0.1, -0.05) is 26.2 Å². The monoisotopic (exact) mass is 339 g/mol. The molecule has 1 fully saturated rings. The quantitative estimate of drug-likeness (QED) is 0.338. The smallest absolute Gasteiger partial charge is 0.191 e. The number of nitrogens with zero attached hydrogens (tertiary/aromatic N) is 1. The highest BCUT2D eigenvalue weighted by Gasteiger charge is 2.22. The highest BCUT2D eigenvalue weighted by atomic mass is 127. The Morgan fingerprint density at radius 3 is 2.56 bits per heavy atom. The van der Waals surface area contributed by atoms with E-state index in [1.165, 1.54) is 38.5 Å². The first-order chi connectivity index (χ1) is 7.26. The number of nitrogens with one attached hydrogen (secondary N) is 2. The van der Waals surface area contributed by atoms with E-state index in [-0.39, 0.29) is 24.0 Å². The van der Waals surface area contributed by atoms with Crippen molar-refractivity contribution in [3.63, 3.8) is 0 Å². The zero-order valence-electron chi connectivity index (χ0n) is 10.8. The van der Waals surface area contributed by atoms with E-state index < -0.39 is 0 Å². The Kier molecular flexibility index (Phi) is 9.07. The van der Waals surface area contributed by atoms with Crippen LogP contribution < -0.4 is 10.6 Å². The molecule has 3 nitrogen and oxygen atoms in total. The van der Waals surface area contributed by atoms with Crippen molar-refractivity contribution in [1.82, 2.24) is 10.6 Å². The van der Waals surface area contributed by atoms with Crippen LogP contribution in [-0.4, -0.2) is 25.1 Å². The summed E-state index contributed by atoms with van der Waals surface area (Å²) in [6.45, 7) is 4.47. The van der Waals surface area contributed by atoms with Gasteiger partial charge in [0.15, 0.2) is 5.96 Å². The van der Waals surface area contributed by atoms with Gasteiger partial charge in [0.25, 0.3) is 0 Å². The lowest BCUT2D eigenvalue weighted by atomic mass is 10.1. The maximum Gasteiger partial charge on any atom is 0.191 e. The molecule has 1 atom stereocenters. The number of rotatable bonds is 6. The molecule has 1 aliphatic rings. The summed E-state index contributed by atoms with van der Waals surface area (Å²) in [5, 5.41) is 6.84. The van der Waals surface area contributed by atoms with Gasteiger partial charge in [0.1, 0.15) is 0 Å². The molecule has 0 saturated heterocycles. The number of hydrogen-bond donors (Lipinski definition) is 2. The van der Waals surface area contributed by atoms with Gasteiger partial charge in [-0.25, -0.2) is 0 Å². The van der Waals surface area contributed by atoms with E-state index in [1.807, 2.05) is 7.05 Å². The summed E-state index contributed by atoms with van der Waals surface area (Å²) in [4.78, 5) is 4.23. The third-order valence-electron chi connectivity index (χ3n) is 2.77. The normalized spacial score (nSPS) is 17.6. The average molecular weight is 339 g/mol. The maximum atomic E-state index is 4.23. The minimum Gasteiger partial charge on any atom is -0.354 e. The van der Waals surface area contributed by atoms with Crippen molar-refractivity contribution in [3.8, 4) is 0 Å². The Labute approximate surface area is 117 Å². The summed E-state index contributed by atoms with van der Waals surface area (Å²) in [6.07, 6.45) is 7.77. The van der Waals surface area contributed by atoms with Gasteiger partial charge in [0.2, 0.25) is 0 Å². The molecule has 0 aliphatic heterocycles. The molecule has 16 heavy (non-hydrogen) atoms. The van der Waals surface area contributed by atoms with Gasteiger partial charge < -0.3 is 10.6 Å². The van der Waals surface area contributed by atoms with E-state index in [1.54, 1.807) is 0 Å². The van der Waals surface area contributed by atoms with Gasteiger partial charge in [-0.05, 0) is 26.2 Å². The fraction of sp³-hybridized carbons (Fsp3) is 0.917. The SMILES string of the molecule is CCCCCC(C)NC(=NC)NC1CC1.I. The maximum absolute atomic E-state index is 4.23. The van der Waals surface area contributed by atoms with E-state index in [2.05, 4.69) is 29.5 Å². The van der Waals surface area contributed by atoms with Gasteiger partial charge in [-0.3, -0.25) is 4.99 Å². The van der Waals surface area contributed by atoms with E-state index in [0.29, 0.717) is 12.1 Å². The molecule has 0 amide bonds. The van der Waals surface area contributed by atoms with Crippen molar-refractivity contribution >= 4 is 29.9 Å². The van der Waals surface area contributed by atoms with E-state index in [4.69, 9.17) is 0 Å². The fourth-order valence-corrected chi connectivity index (χ4v) is 1.60. The minimum absolute atomic E-state index is 0. The van der Waals surface area contributed by atoms with Gasteiger partial charge in [-0.15, -0.1) is 24.0 Å². The number of hydrogen-bond acceptors (Lipinski definition) is 1. The number of unbranched alkanes of at least 4 members (excludes halogenated alkanes) is 2. The summed E-state index contributed by atoms with van der Waals surface area (Å²) in [7, 11) is 1.84. The van der Waals surface area contributed by atoms with Crippen molar-refractivity contribution in [2.75, 3.05) is 7.05 Å². The van der Waals surface area contributed by atoms with Crippen LogP contribution in [-0.2, 0) is 0 Å². The molecule has 0 bridgehead atoms. The fourth-order valence-electron chi connectivity index (χ4n) is 1.60. The molecule has 0 heterocycles. The topological polar surface area (TPSA) is 36.4 Å². The predicted octanol–water partition coefficient (Wildman–Crippen LogP) is 2.90. The van der Waals surface area contributed by atoms with Crippen LogP contribution in [0.5, 0.6) is 0 Å². The molecule has 0 radical (unpaired) electrons. The van der Waals surface area contributed by atoms with Crippen LogP contribution in [0.2, 0.25) is 0 Å². The van der Waals surface area contributed by atoms with Crippen molar-refractivity contribution in [2.45, 2.75) is 64.5 Å². The largest absolute Gasteiger partial charge is 0.354 e. The Morgan fingerprint density at radius 2 is 2.06 bits per heavy atom. The Morgan fingerprint density at radius 1 is 1.38 bits per heavy atom. The second-order valence-corrected chi connectivity index (χ2v) is 4.53. The third kappa shape index (κ3) is 7.30. The number of guanidine groups is 1. The molecule has 1 aliphatic carbocycles. The summed E-state index contributed by atoms with van der Waals surface area (Å²) in [5.74, 6) is 0.974. The summed E-state index contributed by atoms with van der Waals surface area (Å²) < 4.78 is 0. The van der Waals surface area contributed by atoms with Crippen LogP contribution in [0.4, 0.5) is 0 Å². The molecule has 96 valence electrons. The standard InChI is InChI=1S/C12H25N3.HI/c1-4-5-6-7-10(2)14-12(13-3)15-11-8-9-11;/h10-11H,4-9H2,1-3H3,(H2,13,14,15);1H. The number of halogens is 1. The lowest BCUT2D eigenvalue weighted by Gasteiger charge is -2.17.